The van der Waals surface area contributed by atoms with Crippen LogP contribution < -0.4 is 5.32 Å². The molecule has 2 N–H and O–H groups in total. The average Bonchev–Trinajstić information content (AvgIpc) is 2.75. The lowest BCUT2D eigenvalue weighted by Crippen LogP contribution is -2.25. The van der Waals surface area contributed by atoms with Gasteiger partial charge in [-0.25, -0.2) is 4.79 Å². The normalized spacial score (nSPS) is 10.6. The first-order valence-corrected chi connectivity index (χ1v) is 7.17. The van der Waals surface area contributed by atoms with E-state index in [1.807, 2.05) is 6.26 Å². The Kier molecular flexibility index (Phi) is 5.79. The summed E-state index contributed by atoms with van der Waals surface area (Å²) in [4.78, 5) is 22.7. The zero-order chi connectivity index (χ0) is 12.7. The Morgan fingerprint density at radius 1 is 1.59 bits per heavy atom. The number of aliphatic carboxylic acids is 1. The third-order valence-electron chi connectivity index (χ3n) is 1.86. The second kappa shape index (κ2) is 7.13. The number of carboxylic acids is 1. The topological polar surface area (TPSA) is 66.4 Å². The Balaban J connectivity index is 2.55. The van der Waals surface area contributed by atoms with Crippen LogP contribution in [0.1, 0.15) is 15.2 Å². The summed E-state index contributed by atoms with van der Waals surface area (Å²) in [5, 5.41) is 13.0. The van der Waals surface area contributed by atoms with Gasteiger partial charge in [-0.15, -0.1) is 11.3 Å². The number of thiophene rings is 1. The van der Waals surface area contributed by atoms with Crippen LogP contribution in [0.2, 0.25) is 0 Å². The molecule has 0 radical (unpaired) electrons. The molecule has 0 aliphatic carbocycles. The minimum absolute atomic E-state index is 0.120. The van der Waals surface area contributed by atoms with E-state index in [1.54, 1.807) is 23.2 Å². The molecular weight excluding hydrogens is 258 g/mol. The molecule has 1 heterocycles. The molecule has 0 saturated heterocycles. The van der Waals surface area contributed by atoms with Crippen LogP contribution in [0.4, 0.5) is 0 Å². The molecule has 0 aliphatic rings. The highest BCUT2D eigenvalue weighted by atomic mass is 32.2. The lowest BCUT2D eigenvalue weighted by molar-refractivity contribution is -0.131. The van der Waals surface area contributed by atoms with Crippen LogP contribution in [0.25, 0.3) is 6.08 Å². The summed E-state index contributed by atoms with van der Waals surface area (Å²) in [6.45, 7) is 0.635. The van der Waals surface area contributed by atoms with Crippen molar-refractivity contribution in [3.8, 4) is 0 Å². The van der Waals surface area contributed by atoms with E-state index in [1.165, 1.54) is 17.4 Å². The number of amides is 1. The fraction of sp³-hybridized carbons (Fsp3) is 0.273. The van der Waals surface area contributed by atoms with E-state index in [-0.39, 0.29) is 5.91 Å². The van der Waals surface area contributed by atoms with Crippen LogP contribution >= 0.6 is 23.1 Å². The third-order valence-corrected chi connectivity index (χ3v) is 3.37. The maximum atomic E-state index is 11.6. The zero-order valence-electron chi connectivity index (χ0n) is 9.30. The lowest BCUT2D eigenvalue weighted by Gasteiger charge is -2.00. The second-order valence-electron chi connectivity index (χ2n) is 3.16. The fourth-order valence-electron chi connectivity index (χ4n) is 1.08. The van der Waals surface area contributed by atoms with E-state index in [9.17, 15) is 9.59 Å². The molecule has 6 heteroatoms. The second-order valence-corrected chi connectivity index (χ2v) is 5.09. The van der Waals surface area contributed by atoms with Crippen molar-refractivity contribution < 1.29 is 14.7 Å². The smallest absolute Gasteiger partial charge is 0.328 e. The van der Waals surface area contributed by atoms with Crippen molar-refractivity contribution >= 4 is 41.1 Å². The summed E-state index contributed by atoms with van der Waals surface area (Å²) in [6, 6.07) is 1.68. The van der Waals surface area contributed by atoms with Gasteiger partial charge in [-0.1, -0.05) is 0 Å². The van der Waals surface area contributed by atoms with Crippen molar-refractivity contribution in [2.45, 2.75) is 0 Å². The van der Waals surface area contributed by atoms with Gasteiger partial charge in [-0.05, 0) is 18.4 Å². The van der Waals surface area contributed by atoms with Gasteiger partial charge in [0.15, 0.2) is 0 Å². The van der Waals surface area contributed by atoms with Gasteiger partial charge in [0.25, 0.3) is 5.91 Å². The predicted molar refractivity (Wildman–Crippen MR) is 71.7 cm³/mol. The van der Waals surface area contributed by atoms with Crippen LogP contribution in [-0.4, -0.2) is 35.5 Å². The van der Waals surface area contributed by atoms with Gasteiger partial charge in [0.2, 0.25) is 0 Å². The SMILES string of the molecule is CSCCNC(=O)c1csc(C=CC(=O)O)c1. The number of carbonyl (C=O) groups excluding carboxylic acids is 1. The molecule has 0 fully saturated rings. The quantitative estimate of drug-likeness (QED) is 0.613. The van der Waals surface area contributed by atoms with Gasteiger partial charge in [-0.3, -0.25) is 4.79 Å². The fourth-order valence-corrected chi connectivity index (χ4v) is 2.17. The van der Waals surface area contributed by atoms with Crippen LogP contribution in [0.15, 0.2) is 17.5 Å². The van der Waals surface area contributed by atoms with E-state index < -0.39 is 5.97 Å². The number of hydrogen-bond donors (Lipinski definition) is 2. The van der Waals surface area contributed by atoms with Crippen LogP contribution in [0.5, 0.6) is 0 Å². The number of nitrogens with one attached hydrogen (secondary N) is 1. The summed E-state index contributed by atoms with van der Waals surface area (Å²) in [5.41, 5.74) is 0.571. The third kappa shape index (κ3) is 5.06. The first-order chi connectivity index (χ1) is 8.13. The molecule has 4 nitrogen and oxygen atoms in total. The summed E-state index contributed by atoms with van der Waals surface area (Å²) in [6.07, 6.45) is 4.51. The minimum Gasteiger partial charge on any atom is -0.478 e. The summed E-state index contributed by atoms with van der Waals surface area (Å²) in [7, 11) is 0. The summed E-state index contributed by atoms with van der Waals surface area (Å²) >= 11 is 3.01. The van der Waals surface area contributed by atoms with Crippen LogP contribution in [-0.2, 0) is 4.79 Å². The van der Waals surface area contributed by atoms with Gasteiger partial charge < -0.3 is 10.4 Å². The molecule has 0 unspecified atom stereocenters. The van der Waals surface area contributed by atoms with Crippen molar-refractivity contribution in [3.63, 3.8) is 0 Å². The van der Waals surface area contributed by atoms with Gasteiger partial charge >= 0.3 is 5.97 Å². The predicted octanol–water partition coefficient (Wildman–Crippen LogP) is 1.94. The van der Waals surface area contributed by atoms with E-state index in [4.69, 9.17) is 5.11 Å². The Morgan fingerprint density at radius 2 is 2.35 bits per heavy atom. The first kappa shape index (κ1) is 13.8. The molecule has 92 valence electrons. The molecule has 0 bridgehead atoms. The number of carboxylic acid groups (broad SMARTS) is 1. The van der Waals surface area contributed by atoms with Crippen LogP contribution in [0.3, 0.4) is 0 Å². The number of hydrogen-bond acceptors (Lipinski definition) is 4. The number of carbonyl (C=O) groups is 2. The van der Waals surface area contributed by atoms with Crippen LogP contribution in [0, 0.1) is 0 Å². The molecule has 1 aromatic rings. The highest BCUT2D eigenvalue weighted by molar-refractivity contribution is 7.98. The number of thioether (sulfide) groups is 1. The first-order valence-electron chi connectivity index (χ1n) is 4.90. The highest BCUT2D eigenvalue weighted by Gasteiger charge is 2.06. The van der Waals surface area contributed by atoms with E-state index >= 15 is 0 Å². The zero-order valence-corrected chi connectivity index (χ0v) is 10.9. The maximum absolute atomic E-state index is 11.6. The molecule has 0 aromatic carbocycles. The van der Waals surface area contributed by atoms with E-state index in [2.05, 4.69) is 5.32 Å². The molecule has 1 amide bonds. The summed E-state index contributed by atoms with van der Waals surface area (Å²) in [5.74, 6) is -0.239. The van der Waals surface area contributed by atoms with E-state index in [0.717, 1.165) is 16.7 Å². The standard InChI is InChI=1S/C11H13NO3S2/c1-16-5-4-12-11(15)8-6-9(17-7-8)2-3-10(13)14/h2-3,6-7H,4-5H2,1H3,(H,12,15)(H,13,14). The van der Waals surface area contributed by atoms with Gasteiger partial charge in [-0.2, -0.15) is 11.8 Å². The molecule has 0 saturated carbocycles. The molecule has 0 aliphatic heterocycles. The highest BCUT2D eigenvalue weighted by Crippen LogP contribution is 2.16. The molecule has 1 aromatic heterocycles. The molecule has 0 atom stereocenters. The van der Waals surface area contributed by atoms with Crippen molar-refractivity contribution in [3.05, 3.63) is 28.0 Å². The Hall–Kier alpha value is -1.27. The van der Waals surface area contributed by atoms with E-state index in [0.29, 0.717) is 12.1 Å². The molecule has 17 heavy (non-hydrogen) atoms. The average molecular weight is 271 g/mol. The minimum atomic E-state index is -0.996. The Morgan fingerprint density at radius 3 is 3.00 bits per heavy atom. The van der Waals surface area contributed by atoms with Crippen molar-refractivity contribution in [2.75, 3.05) is 18.6 Å². The maximum Gasteiger partial charge on any atom is 0.328 e. The van der Waals surface area contributed by atoms with Gasteiger partial charge in [0.05, 0.1) is 5.56 Å². The monoisotopic (exact) mass is 271 g/mol. The van der Waals surface area contributed by atoms with Gasteiger partial charge in [0.1, 0.15) is 0 Å². The Labute approximate surface area is 108 Å². The summed E-state index contributed by atoms with van der Waals surface area (Å²) < 4.78 is 0. The molecular formula is C11H13NO3S2. The lowest BCUT2D eigenvalue weighted by atomic mass is 10.3. The van der Waals surface area contributed by atoms with Gasteiger partial charge in [0, 0.05) is 28.6 Å². The molecule has 0 spiro atoms. The van der Waals surface area contributed by atoms with Crippen molar-refractivity contribution in [1.82, 2.24) is 5.32 Å². The number of rotatable bonds is 6. The largest absolute Gasteiger partial charge is 0.478 e. The van der Waals surface area contributed by atoms with Crippen molar-refractivity contribution in [2.24, 2.45) is 0 Å². The van der Waals surface area contributed by atoms with Crippen molar-refractivity contribution in [1.29, 1.82) is 0 Å². The Bertz CT molecular complexity index is 426. The molecule has 1 rings (SSSR count).